The summed E-state index contributed by atoms with van der Waals surface area (Å²) < 4.78 is 1.83. The van der Waals surface area contributed by atoms with Gasteiger partial charge in [0.15, 0.2) is 0 Å². The molecule has 1 rings (SSSR count). The molecule has 1 aromatic rings. The number of imide groups is 1. The summed E-state index contributed by atoms with van der Waals surface area (Å²) in [5.74, 6) is -0.329. The summed E-state index contributed by atoms with van der Waals surface area (Å²) in [6.07, 6.45) is 4.49. The Bertz CT molecular complexity index is 391. The van der Waals surface area contributed by atoms with Crippen LogP contribution in [-0.4, -0.2) is 40.9 Å². The monoisotopic (exact) mass is 267 g/mol. The molecule has 0 fully saturated rings. The zero-order valence-corrected chi connectivity index (χ0v) is 11.3. The largest absolute Gasteiger partial charge is 0.338 e. The molecule has 1 aromatic heterocycles. The SMILES string of the molecule is CCNC(=O)NC(=O)C(C)NCCCn1cccn1. The quantitative estimate of drug-likeness (QED) is 0.611. The lowest BCUT2D eigenvalue weighted by Crippen LogP contribution is -2.48. The molecule has 0 aliphatic heterocycles. The van der Waals surface area contributed by atoms with Crippen LogP contribution in [0, 0.1) is 0 Å². The molecule has 0 aliphatic rings. The second kappa shape index (κ2) is 8.25. The van der Waals surface area contributed by atoms with Crippen molar-refractivity contribution in [3.63, 3.8) is 0 Å². The summed E-state index contributed by atoms with van der Waals surface area (Å²) in [5.41, 5.74) is 0. The van der Waals surface area contributed by atoms with E-state index in [0.717, 1.165) is 13.0 Å². The van der Waals surface area contributed by atoms with Crippen molar-refractivity contribution >= 4 is 11.9 Å². The number of nitrogens with zero attached hydrogens (tertiary/aromatic N) is 2. The summed E-state index contributed by atoms with van der Waals surface area (Å²) in [6.45, 7) is 5.49. The van der Waals surface area contributed by atoms with Gasteiger partial charge in [0.2, 0.25) is 5.91 Å². The van der Waals surface area contributed by atoms with Gasteiger partial charge in [0.05, 0.1) is 6.04 Å². The van der Waals surface area contributed by atoms with Gasteiger partial charge in [-0.3, -0.25) is 14.8 Å². The van der Waals surface area contributed by atoms with Crippen molar-refractivity contribution in [3.8, 4) is 0 Å². The number of aromatic nitrogens is 2. The Morgan fingerprint density at radius 2 is 2.21 bits per heavy atom. The number of hydrogen-bond donors (Lipinski definition) is 3. The van der Waals surface area contributed by atoms with Crippen molar-refractivity contribution in [2.75, 3.05) is 13.1 Å². The zero-order chi connectivity index (χ0) is 14.1. The highest BCUT2D eigenvalue weighted by molar-refractivity contribution is 5.96. The van der Waals surface area contributed by atoms with Crippen LogP contribution in [0.15, 0.2) is 18.5 Å². The normalized spacial score (nSPS) is 11.9. The van der Waals surface area contributed by atoms with E-state index in [2.05, 4.69) is 21.0 Å². The highest BCUT2D eigenvalue weighted by Crippen LogP contribution is 1.89. The molecule has 0 aliphatic carbocycles. The van der Waals surface area contributed by atoms with E-state index in [-0.39, 0.29) is 5.91 Å². The summed E-state index contributed by atoms with van der Waals surface area (Å²) in [6, 6.07) is 1.01. The summed E-state index contributed by atoms with van der Waals surface area (Å²) >= 11 is 0. The van der Waals surface area contributed by atoms with Crippen molar-refractivity contribution in [1.29, 1.82) is 0 Å². The minimum absolute atomic E-state index is 0.329. The van der Waals surface area contributed by atoms with E-state index >= 15 is 0 Å². The molecule has 0 spiro atoms. The number of hydrogen-bond acceptors (Lipinski definition) is 4. The molecule has 0 bridgehead atoms. The highest BCUT2D eigenvalue weighted by atomic mass is 16.2. The molecule has 0 aromatic carbocycles. The van der Waals surface area contributed by atoms with Gasteiger partial charge in [0, 0.05) is 25.5 Å². The number of amides is 3. The first kappa shape index (κ1) is 15.2. The summed E-state index contributed by atoms with van der Waals surface area (Å²) in [4.78, 5) is 22.8. The van der Waals surface area contributed by atoms with Crippen LogP contribution in [0.2, 0.25) is 0 Å². The number of urea groups is 1. The fourth-order valence-corrected chi connectivity index (χ4v) is 1.51. The Morgan fingerprint density at radius 1 is 1.42 bits per heavy atom. The summed E-state index contributed by atoms with van der Waals surface area (Å²) in [7, 11) is 0. The van der Waals surface area contributed by atoms with Crippen LogP contribution in [0.1, 0.15) is 20.3 Å². The van der Waals surface area contributed by atoms with E-state index in [4.69, 9.17) is 0 Å². The first-order valence-corrected chi connectivity index (χ1v) is 6.43. The van der Waals surface area contributed by atoms with Crippen LogP contribution >= 0.6 is 0 Å². The van der Waals surface area contributed by atoms with Gasteiger partial charge < -0.3 is 10.6 Å². The van der Waals surface area contributed by atoms with E-state index < -0.39 is 12.1 Å². The van der Waals surface area contributed by atoms with Gasteiger partial charge in [-0.1, -0.05) is 0 Å². The lowest BCUT2D eigenvalue weighted by atomic mass is 10.3. The first-order chi connectivity index (χ1) is 9.13. The van der Waals surface area contributed by atoms with E-state index in [0.29, 0.717) is 13.1 Å². The molecule has 1 atom stereocenters. The molecule has 0 saturated heterocycles. The van der Waals surface area contributed by atoms with Crippen molar-refractivity contribution in [1.82, 2.24) is 25.7 Å². The molecule has 0 saturated carbocycles. The zero-order valence-electron chi connectivity index (χ0n) is 11.3. The van der Waals surface area contributed by atoms with Crippen molar-refractivity contribution in [3.05, 3.63) is 18.5 Å². The van der Waals surface area contributed by atoms with Crippen LogP contribution in [0.25, 0.3) is 0 Å². The first-order valence-electron chi connectivity index (χ1n) is 6.43. The van der Waals surface area contributed by atoms with Crippen LogP contribution in [-0.2, 0) is 11.3 Å². The Hall–Kier alpha value is -1.89. The van der Waals surface area contributed by atoms with E-state index in [1.165, 1.54) is 0 Å². The van der Waals surface area contributed by atoms with Crippen LogP contribution in [0.5, 0.6) is 0 Å². The van der Waals surface area contributed by atoms with Gasteiger partial charge in [0.25, 0.3) is 0 Å². The van der Waals surface area contributed by atoms with Crippen molar-refractivity contribution < 1.29 is 9.59 Å². The molecule has 19 heavy (non-hydrogen) atoms. The van der Waals surface area contributed by atoms with Crippen LogP contribution in [0.4, 0.5) is 4.79 Å². The van der Waals surface area contributed by atoms with Gasteiger partial charge in [-0.05, 0) is 32.9 Å². The molecule has 1 unspecified atom stereocenters. The van der Waals surface area contributed by atoms with Gasteiger partial charge in [-0.2, -0.15) is 5.10 Å². The fourth-order valence-electron chi connectivity index (χ4n) is 1.51. The number of nitrogens with one attached hydrogen (secondary N) is 3. The number of carbonyl (C=O) groups is 2. The highest BCUT2D eigenvalue weighted by Gasteiger charge is 2.14. The third-order valence-electron chi connectivity index (χ3n) is 2.54. The molecule has 3 amide bonds. The lowest BCUT2D eigenvalue weighted by Gasteiger charge is -2.13. The predicted molar refractivity (Wildman–Crippen MR) is 71.5 cm³/mol. The second-order valence-electron chi connectivity index (χ2n) is 4.15. The van der Waals surface area contributed by atoms with E-state index in [1.807, 2.05) is 16.9 Å². The average Bonchev–Trinajstić information content (AvgIpc) is 2.87. The Kier molecular flexibility index (Phi) is 6.59. The fraction of sp³-hybridized carbons (Fsp3) is 0.583. The molecule has 1 heterocycles. The summed E-state index contributed by atoms with van der Waals surface area (Å²) in [5, 5.41) is 11.9. The molecule has 3 N–H and O–H groups in total. The Balaban J connectivity index is 2.14. The number of aryl methyl sites for hydroxylation is 1. The molecule has 106 valence electrons. The van der Waals surface area contributed by atoms with Gasteiger partial charge in [-0.15, -0.1) is 0 Å². The van der Waals surface area contributed by atoms with Crippen LogP contribution in [0.3, 0.4) is 0 Å². The van der Waals surface area contributed by atoms with Crippen molar-refractivity contribution in [2.24, 2.45) is 0 Å². The molecular formula is C12H21N5O2. The van der Waals surface area contributed by atoms with Gasteiger partial charge in [0.1, 0.15) is 0 Å². The Morgan fingerprint density at radius 3 is 2.84 bits per heavy atom. The minimum Gasteiger partial charge on any atom is -0.338 e. The number of carbonyl (C=O) groups excluding carboxylic acids is 2. The van der Waals surface area contributed by atoms with E-state index in [9.17, 15) is 9.59 Å². The molecule has 7 heteroatoms. The maximum atomic E-state index is 11.6. The van der Waals surface area contributed by atoms with E-state index in [1.54, 1.807) is 20.0 Å². The predicted octanol–water partition coefficient (Wildman–Crippen LogP) is 0.0970. The molecule has 0 radical (unpaired) electrons. The third kappa shape index (κ3) is 6.01. The van der Waals surface area contributed by atoms with Gasteiger partial charge in [-0.25, -0.2) is 4.79 Å². The molecular weight excluding hydrogens is 246 g/mol. The Labute approximate surface area is 112 Å². The van der Waals surface area contributed by atoms with Crippen molar-refractivity contribution in [2.45, 2.75) is 32.9 Å². The average molecular weight is 267 g/mol. The van der Waals surface area contributed by atoms with Crippen LogP contribution < -0.4 is 16.0 Å². The lowest BCUT2D eigenvalue weighted by molar-refractivity contribution is -0.121. The second-order valence-corrected chi connectivity index (χ2v) is 4.15. The third-order valence-corrected chi connectivity index (χ3v) is 2.54. The molecule has 7 nitrogen and oxygen atoms in total. The topological polar surface area (TPSA) is 88.0 Å². The number of rotatable bonds is 7. The maximum Gasteiger partial charge on any atom is 0.321 e. The maximum absolute atomic E-state index is 11.6. The minimum atomic E-state index is -0.460. The van der Waals surface area contributed by atoms with Gasteiger partial charge >= 0.3 is 6.03 Å². The smallest absolute Gasteiger partial charge is 0.321 e. The standard InChI is InChI=1S/C12H21N5O2/c1-3-13-12(19)16-11(18)10(2)14-6-4-8-17-9-5-7-15-17/h5,7,9-10,14H,3-4,6,8H2,1-2H3,(H2,13,16,18,19).